The fraction of sp³-hybridized carbons (Fsp3) is 0.385. The van der Waals surface area contributed by atoms with Gasteiger partial charge >= 0.3 is 5.97 Å². The molecule has 4 nitrogen and oxygen atoms in total. The number of carbonyl (C=O) groups excluding carboxylic acids is 2. The summed E-state index contributed by atoms with van der Waals surface area (Å²) in [5.41, 5.74) is 1.01. The Kier molecular flexibility index (Phi) is 4.38. The van der Waals surface area contributed by atoms with E-state index in [4.69, 9.17) is 4.74 Å². The predicted molar refractivity (Wildman–Crippen MR) is 89.8 cm³/mol. The average molecular weight is 485 g/mol. The first kappa shape index (κ1) is 15.0. The first-order valence-electron chi connectivity index (χ1n) is 5.67. The van der Waals surface area contributed by atoms with E-state index in [1.165, 1.54) is 7.11 Å². The minimum Gasteiger partial charge on any atom is -0.469 e. The van der Waals surface area contributed by atoms with E-state index in [2.05, 4.69) is 45.2 Å². The molecule has 0 aliphatic carbocycles. The molecule has 0 saturated heterocycles. The van der Waals surface area contributed by atoms with Gasteiger partial charge < -0.3 is 9.64 Å². The van der Waals surface area contributed by atoms with E-state index in [1.807, 2.05) is 18.2 Å². The first-order chi connectivity index (χ1) is 8.96. The molecule has 102 valence electrons. The van der Waals surface area contributed by atoms with Crippen LogP contribution in [0.5, 0.6) is 0 Å². The van der Waals surface area contributed by atoms with Gasteiger partial charge in [0.15, 0.2) is 0 Å². The topological polar surface area (TPSA) is 46.6 Å². The van der Waals surface area contributed by atoms with Gasteiger partial charge in [0.1, 0.15) is 0 Å². The molecule has 0 aromatic heterocycles. The van der Waals surface area contributed by atoms with Crippen LogP contribution in [0.4, 0.5) is 5.69 Å². The van der Waals surface area contributed by atoms with Crippen molar-refractivity contribution in [3.8, 4) is 0 Å². The summed E-state index contributed by atoms with van der Waals surface area (Å²) in [7, 11) is 3.10. The molecule has 1 aliphatic heterocycles. The number of halogens is 2. The van der Waals surface area contributed by atoms with Gasteiger partial charge in [-0.25, -0.2) is 0 Å². The lowest BCUT2D eigenvalue weighted by Crippen LogP contribution is -2.42. The number of benzene rings is 1. The number of amides is 1. The van der Waals surface area contributed by atoms with Crippen LogP contribution in [0.3, 0.4) is 0 Å². The van der Waals surface area contributed by atoms with Crippen LogP contribution in [-0.2, 0) is 19.7 Å². The summed E-state index contributed by atoms with van der Waals surface area (Å²) in [4.78, 5) is 25.9. The summed E-state index contributed by atoms with van der Waals surface area (Å²) < 4.78 is 6.36. The second kappa shape index (κ2) is 5.55. The van der Waals surface area contributed by atoms with E-state index in [1.54, 1.807) is 11.9 Å². The van der Waals surface area contributed by atoms with Crippen LogP contribution in [-0.4, -0.2) is 30.5 Å². The molecule has 19 heavy (non-hydrogen) atoms. The maximum atomic E-state index is 12.6. The number of hydrogen-bond acceptors (Lipinski definition) is 3. The quantitative estimate of drug-likeness (QED) is 0.376. The highest BCUT2D eigenvalue weighted by Gasteiger charge is 2.50. The number of esters is 1. The van der Waals surface area contributed by atoms with Gasteiger partial charge in [0.2, 0.25) is 5.91 Å². The zero-order chi connectivity index (χ0) is 14.2. The molecular formula is C13H13I2NO3. The lowest BCUT2D eigenvalue weighted by molar-refractivity contribution is -0.144. The molecule has 2 rings (SSSR count). The Morgan fingerprint density at radius 1 is 1.47 bits per heavy atom. The van der Waals surface area contributed by atoms with Crippen LogP contribution in [0, 0.1) is 3.57 Å². The molecule has 6 heteroatoms. The number of alkyl halides is 1. The van der Waals surface area contributed by atoms with Crippen LogP contribution in [0.25, 0.3) is 0 Å². The lowest BCUT2D eigenvalue weighted by atomic mass is 9.80. The van der Waals surface area contributed by atoms with E-state index in [9.17, 15) is 9.59 Å². The summed E-state index contributed by atoms with van der Waals surface area (Å²) in [6.45, 7) is 0. The number of rotatable bonds is 3. The molecule has 0 N–H and O–H groups in total. The number of methoxy groups -OCH3 is 1. The van der Waals surface area contributed by atoms with Crippen molar-refractivity contribution in [2.45, 2.75) is 11.8 Å². The number of likely N-dealkylation sites (N-methyl/N-ethyl adjacent to an activating group) is 1. The van der Waals surface area contributed by atoms with E-state index in [-0.39, 0.29) is 18.3 Å². The number of nitrogens with zero attached hydrogens (tertiary/aromatic N) is 1. The standard InChI is InChI=1S/C13H13I2NO3/c1-16-10-4-3-8(15)5-9(10)13(7-14,12(16)18)6-11(17)19-2/h3-5H,6-7H2,1-2H3. The molecular weight excluding hydrogens is 472 g/mol. The third kappa shape index (κ3) is 2.37. The van der Waals surface area contributed by atoms with Gasteiger partial charge in [-0.1, -0.05) is 22.6 Å². The van der Waals surface area contributed by atoms with E-state index >= 15 is 0 Å². The van der Waals surface area contributed by atoms with Gasteiger partial charge in [-0.2, -0.15) is 0 Å². The summed E-state index contributed by atoms with van der Waals surface area (Å²) in [5, 5.41) is 0. The van der Waals surface area contributed by atoms with Gasteiger partial charge in [-0.3, -0.25) is 9.59 Å². The number of anilines is 1. The summed E-state index contributed by atoms with van der Waals surface area (Å²) in [5.74, 6) is -0.394. The smallest absolute Gasteiger partial charge is 0.306 e. The number of ether oxygens (including phenoxy) is 1. The summed E-state index contributed by atoms with van der Waals surface area (Å²) in [6, 6.07) is 5.88. The third-order valence-electron chi connectivity index (χ3n) is 3.45. The normalized spacial score (nSPS) is 21.5. The van der Waals surface area contributed by atoms with Gasteiger partial charge in [0.05, 0.1) is 18.9 Å². The Labute approximate surface area is 139 Å². The van der Waals surface area contributed by atoms with E-state index < -0.39 is 5.41 Å². The minimum atomic E-state index is -0.793. The van der Waals surface area contributed by atoms with Crippen molar-refractivity contribution >= 4 is 62.7 Å². The largest absolute Gasteiger partial charge is 0.469 e. The molecule has 0 spiro atoms. The molecule has 1 aromatic carbocycles. The highest BCUT2D eigenvalue weighted by molar-refractivity contribution is 14.1. The third-order valence-corrected chi connectivity index (χ3v) is 5.42. The van der Waals surface area contributed by atoms with Crippen molar-refractivity contribution in [1.29, 1.82) is 0 Å². The monoisotopic (exact) mass is 485 g/mol. The van der Waals surface area contributed by atoms with E-state index in [0.717, 1.165) is 14.8 Å². The molecule has 0 saturated carbocycles. The number of hydrogen-bond donors (Lipinski definition) is 0. The molecule has 1 unspecified atom stereocenters. The molecule has 0 fully saturated rings. The van der Waals surface area contributed by atoms with Crippen molar-refractivity contribution in [2.24, 2.45) is 0 Å². The Balaban J connectivity index is 2.58. The van der Waals surface area contributed by atoms with Gasteiger partial charge in [-0.05, 0) is 46.4 Å². The van der Waals surface area contributed by atoms with Crippen LogP contribution in [0.2, 0.25) is 0 Å². The molecule has 1 aromatic rings. The Hall–Kier alpha value is -0.380. The lowest BCUT2D eigenvalue weighted by Gasteiger charge is -2.24. The SMILES string of the molecule is COC(=O)CC1(CI)C(=O)N(C)c2ccc(I)cc21. The summed E-state index contributed by atoms with van der Waals surface area (Å²) >= 11 is 4.38. The van der Waals surface area contributed by atoms with Gasteiger partial charge in [0.25, 0.3) is 0 Å². The number of carbonyl (C=O) groups is 2. The highest BCUT2D eigenvalue weighted by Crippen LogP contribution is 2.45. The van der Waals surface area contributed by atoms with Crippen molar-refractivity contribution in [3.63, 3.8) is 0 Å². The summed E-state index contributed by atoms with van der Waals surface area (Å²) in [6.07, 6.45) is 0.0860. The highest BCUT2D eigenvalue weighted by atomic mass is 127. The van der Waals surface area contributed by atoms with Crippen molar-refractivity contribution in [1.82, 2.24) is 0 Å². The predicted octanol–water partition coefficient (Wildman–Crippen LogP) is 2.50. The zero-order valence-corrected chi connectivity index (χ0v) is 14.9. The maximum Gasteiger partial charge on any atom is 0.306 e. The molecule has 1 heterocycles. The van der Waals surface area contributed by atoms with Crippen LogP contribution < -0.4 is 4.90 Å². The van der Waals surface area contributed by atoms with Crippen molar-refractivity contribution < 1.29 is 14.3 Å². The number of fused-ring (bicyclic) bond motifs is 1. The van der Waals surface area contributed by atoms with Crippen molar-refractivity contribution in [3.05, 3.63) is 27.3 Å². The molecule has 1 atom stereocenters. The first-order valence-corrected chi connectivity index (χ1v) is 8.27. The fourth-order valence-electron chi connectivity index (χ4n) is 2.40. The van der Waals surface area contributed by atoms with Gasteiger partial charge in [-0.15, -0.1) is 0 Å². The van der Waals surface area contributed by atoms with E-state index in [0.29, 0.717) is 4.43 Å². The zero-order valence-electron chi connectivity index (χ0n) is 10.6. The minimum absolute atomic E-state index is 0.0377. The van der Waals surface area contributed by atoms with Crippen LogP contribution >= 0.6 is 45.2 Å². The van der Waals surface area contributed by atoms with Gasteiger partial charge in [0, 0.05) is 20.7 Å². The molecule has 1 amide bonds. The Bertz CT molecular complexity index is 547. The fourth-order valence-corrected chi connectivity index (χ4v) is 3.89. The second-order valence-corrected chi connectivity index (χ2v) is 6.50. The Morgan fingerprint density at radius 2 is 2.16 bits per heavy atom. The van der Waals surface area contributed by atoms with Crippen LogP contribution in [0.1, 0.15) is 12.0 Å². The van der Waals surface area contributed by atoms with Crippen LogP contribution in [0.15, 0.2) is 18.2 Å². The average Bonchev–Trinajstić information content (AvgIpc) is 2.61. The molecule has 0 bridgehead atoms. The Morgan fingerprint density at radius 3 is 2.74 bits per heavy atom. The second-order valence-electron chi connectivity index (χ2n) is 4.49. The molecule has 1 aliphatic rings. The van der Waals surface area contributed by atoms with Crippen molar-refractivity contribution in [2.75, 3.05) is 23.5 Å². The maximum absolute atomic E-state index is 12.6. The molecule has 0 radical (unpaired) electrons.